The number of amides is 1. The zero-order chi connectivity index (χ0) is 23.0. The number of carbonyl (C=O) groups is 1. The van der Waals surface area contributed by atoms with Gasteiger partial charge < -0.3 is 19.5 Å². The lowest BCUT2D eigenvalue weighted by molar-refractivity contribution is -0.119. The van der Waals surface area contributed by atoms with Gasteiger partial charge in [0, 0.05) is 50.9 Å². The lowest BCUT2D eigenvalue weighted by Gasteiger charge is -2.31. The predicted octanol–water partition coefficient (Wildman–Crippen LogP) is 2.11. The van der Waals surface area contributed by atoms with Gasteiger partial charge in [-0.3, -0.25) is 9.69 Å². The number of rotatable bonds is 9. The van der Waals surface area contributed by atoms with Gasteiger partial charge in [0.05, 0.1) is 19.0 Å². The lowest BCUT2D eigenvalue weighted by Crippen LogP contribution is -2.45. The van der Waals surface area contributed by atoms with Crippen molar-refractivity contribution in [1.82, 2.24) is 29.9 Å². The first-order valence-corrected chi connectivity index (χ1v) is 12.7. The van der Waals surface area contributed by atoms with E-state index in [1.807, 2.05) is 4.57 Å². The number of morpholine rings is 1. The number of nitrogens with one attached hydrogen (secondary N) is 1. The molecule has 10 heteroatoms. The van der Waals surface area contributed by atoms with Crippen molar-refractivity contribution in [3.05, 3.63) is 30.1 Å². The van der Waals surface area contributed by atoms with Crippen LogP contribution in [0.25, 0.3) is 11.4 Å². The average molecular weight is 477 g/mol. The smallest absolute Gasteiger partial charge is 0.230 e. The molecule has 0 atom stereocenters. The molecule has 0 radical (unpaired) electrons. The summed E-state index contributed by atoms with van der Waals surface area (Å²) in [5.41, 5.74) is 0.810. The molecule has 2 aliphatic rings. The number of hydrogen-bond acceptors (Lipinski definition) is 7. The average Bonchev–Trinajstić information content (AvgIpc) is 3.26. The number of thioether (sulfide) groups is 1. The van der Waals surface area contributed by atoms with Gasteiger partial charge in [0.1, 0.15) is 5.82 Å². The molecule has 1 aromatic heterocycles. The van der Waals surface area contributed by atoms with Crippen molar-refractivity contribution in [2.24, 2.45) is 0 Å². The van der Waals surface area contributed by atoms with Crippen LogP contribution < -0.4 is 5.32 Å². The molecule has 4 rings (SSSR count). The van der Waals surface area contributed by atoms with E-state index in [1.54, 1.807) is 12.1 Å². The second kappa shape index (κ2) is 11.9. The van der Waals surface area contributed by atoms with Crippen LogP contribution in [0.5, 0.6) is 0 Å². The third-order valence-electron chi connectivity index (χ3n) is 6.30. The highest BCUT2D eigenvalue weighted by atomic mass is 32.2. The second-order valence-electron chi connectivity index (χ2n) is 8.48. The highest BCUT2D eigenvalue weighted by Crippen LogP contribution is 2.24. The van der Waals surface area contributed by atoms with E-state index >= 15 is 0 Å². The number of ether oxygens (including phenoxy) is 1. The van der Waals surface area contributed by atoms with Crippen LogP contribution in [-0.4, -0.2) is 94.7 Å². The van der Waals surface area contributed by atoms with Gasteiger partial charge in [-0.15, -0.1) is 10.2 Å². The van der Waals surface area contributed by atoms with E-state index in [0.717, 1.165) is 70.9 Å². The van der Waals surface area contributed by atoms with Crippen LogP contribution in [0.1, 0.15) is 19.8 Å². The van der Waals surface area contributed by atoms with E-state index < -0.39 is 0 Å². The van der Waals surface area contributed by atoms with E-state index in [0.29, 0.717) is 23.3 Å². The summed E-state index contributed by atoms with van der Waals surface area (Å²) < 4.78 is 20.9. The van der Waals surface area contributed by atoms with Crippen LogP contribution in [-0.2, 0) is 16.1 Å². The Balaban J connectivity index is 1.39. The van der Waals surface area contributed by atoms with E-state index in [2.05, 4.69) is 32.2 Å². The summed E-state index contributed by atoms with van der Waals surface area (Å²) in [4.78, 5) is 17.4. The molecular weight excluding hydrogens is 443 g/mol. The van der Waals surface area contributed by atoms with Gasteiger partial charge in [-0.05, 0) is 43.7 Å². The van der Waals surface area contributed by atoms with E-state index in [4.69, 9.17) is 4.74 Å². The van der Waals surface area contributed by atoms with Crippen molar-refractivity contribution >= 4 is 17.7 Å². The summed E-state index contributed by atoms with van der Waals surface area (Å²) in [5.74, 6) is 0.737. The first-order valence-electron chi connectivity index (χ1n) is 11.8. The van der Waals surface area contributed by atoms with E-state index in [9.17, 15) is 9.18 Å². The molecule has 33 heavy (non-hydrogen) atoms. The molecule has 2 aromatic rings. The number of halogens is 1. The molecule has 1 amide bonds. The molecule has 2 saturated heterocycles. The Morgan fingerprint density at radius 2 is 1.82 bits per heavy atom. The van der Waals surface area contributed by atoms with Crippen LogP contribution in [0.4, 0.5) is 4.39 Å². The van der Waals surface area contributed by atoms with E-state index in [1.165, 1.54) is 23.9 Å². The monoisotopic (exact) mass is 476 g/mol. The fraction of sp³-hybridized carbons (Fsp3) is 0.609. The molecule has 0 spiro atoms. The first kappa shape index (κ1) is 24.1. The predicted molar refractivity (Wildman–Crippen MR) is 127 cm³/mol. The van der Waals surface area contributed by atoms with Crippen molar-refractivity contribution in [2.45, 2.75) is 37.5 Å². The third kappa shape index (κ3) is 6.75. The fourth-order valence-corrected chi connectivity index (χ4v) is 5.04. The summed E-state index contributed by atoms with van der Waals surface area (Å²) in [7, 11) is 0. The zero-order valence-electron chi connectivity index (χ0n) is 19.2. The van der Waals surface area contributed by atoms with Crippen LogP contribution in [0.3, 0.4) is 0 Å². The molecule has 8 nitrogen and oxygen atoms in total. The van der Waals surface area contributed by atoms with Gasteiger partial charge in [-0.2, -0.15) is 0 Å². The molecule has 0 saturated carbocycles. The SMILES string of the molecule is CCN1CCC(NC(=O)CSc2nnc(-c3ccc(F)cc3)n2CCN2CCOCC2)CC1. The third-order valence-corrected chi connectivity index (χ3v) is 7.26. The molecular formula is C23H33FN6O2S. The van der Waals surface area contributed by atoms with Crippen LogP contribution in [0, 0.1) is 5.82 Å². The minimum Gasteiger partial charge on any atom is -0.379 e. The Morgan fingerprint density at radius 1 is 1.09 bits per heavy atom. The number of piperidine rings is 1. The van der Waals surface area contributed by atoms with Crippen molar-refractivity contribution in [1.29, 1.82) is 0 Å². The topological polar surface area (TPSA) is 75.5 Å². The maximum absolute atomic E-state index is 13.4. The van der Waals surface area contributed by atoms with Crippen LogP contribution in [0.15, 0.2) is 29.4 Å². The normalized spacial score (nSPS) is 18.5. The summed E-state index contributed by atoms with van der Waals surface area (Å²) in [6.45, 7) is 10.1. The summed E-state index contributed by atoms with van der Waals surface area (Å²) >= 11 is 1.40. The minimum absolute atomic E-state index is 0.0287. The Hall–Kier alpha value is -2.01. The lowest BCUT2D eigenvalue weighted by atomic mass is 10.1. The molecule has 3 heterocycles. The maximum atomic E-state index is 13.4. The maximum Gasteiger partial charge on any atom is 0.230 e. The van der Waals surface area contributed by atoms with Crippen molar-refractivity contribution in [3.63, 3.8) is 0 Å². The van der Waals surface area contributed by atoms with Gasteiger partial charge in [0.2, 0.25) is 5.91 Å². The van der Waals surface area contributed by atoms with Crippen LogP contribution >= 0.6 is 11.8 Å². The molecule has 2 aliphatic heterocycles. The highest BCUT2D eigenvalue weighted by Gasteiger charge is 2.21. The number of likely N-dealkylation sites (tertiary alicyclic amines) is 1. The summed E-state index contributed by atoms with van der Waals surface area (Å²) in [5, 5.41) is 12.6. The second-order valence-corrected chi connectivity index (χ2v) is 9.43. The molecule has 2 fully saturated rings. The molecule has 0 bridgehead atoms. The standard InChI is InChI=1S/C23H33FN6O2S/c1-2-28-9-7-20(8-10-28)25-21(31)17-33-23-27-26-22(18-3-5-19(24)6-4-18)30(23)12-11-29-13-15-32-16-14-29/h3-6,20H,2,7-17H2,1H3,(H,25,31). The van der Waals surface area contributed by atoms with E-state index in [-0.39, 0.29) is 17.8 Å². The van der Waals surface area contributed by atoms with Gasteiger partial charge in [0.15, 0.2) is 11.0 Å². The van der Waals surface area contributed by atoms with Gasteiger partial charge >= 0.3 is 0 Å². The molecule has 180 valence electrons. The van der Waals surface area contributed by atoms with Gasteiger partial charge in [0.25, 0.3) is 0 Å². The number of hydrogen-bond donors (Lipinski definition) is 1. The number of aromatic nitrogens is 3. The van der Waals surface area contributed by atoms with Gasteiger partial charge in [-0.25, -0.2) is 4.39 Å². The van der Waals surface area contributed by atoms with Gasteiger partial charge in [-0.1, -0.05) is 18.7 Å². The summed E-state index contributed by atoms with van der Waals surface area (Å²) in [6, 6.07) is 6.54. The number of carbonyl (C=O) groups excluding carboxylic acids is 1. The molecule has 1 N–H and O–H groups in total. The van der Waals surface area contributed by atoms with Crippen molar-refractivity contribution in [2.75, 3.05) is 58.2 Å². The largest absolute Gasteiger partial charge is 0.379 e. The quantitative estimate of drug-likeness (QED) is 0.556. The first-order chi connectivity index (χ1) is 16.1. The minimum atomic E-state index is -0.283. The zero-order valence-corrected chi connectivity index (χ0v) is 20.0. The van der Waals surface area contributed by atoms with Crippen molar-refractivity contribution in [3.8, 4) is 11.4 Å². The Bertz CT molecular complexity index is 895. The fourth-order valence-electron chi connectivity index (χ4n) is 4.27. The Labute approximate surface area is 198 Å². The highest BCUT2D eigenvalue weighted by molar-refractivity contribution is 7.99. The van der Waals surface area contributed by atoms with Crippen LogP contribution in [0.2, 0.25) is 0 Å². The number of benzene rings is 1. The molecule has 1 aromatic carbocycles. The molecule has 0 aliphatic carbocycles. The Kier molecular flexibility index (Phi) is 8.71. The molecule has 0 unspecified atom stereocenters. The Morgan fingerprint density at radius 3 is 2.52 bits per heavy atom. The number of nitrogens with zero attached hydrogens (tertiary/aromatic N) is 5. The van der Waals surface area contributed by atoms with Crippen molar-refractivity contribution < 1.29 is 13.9 Å². The summed E-state index contributed by atoms with van der Waals surface area (Å²) in [6.07, 6.45) is 1.99.